The molecule has 0 unspecified atom stereocenters. The van der Waals surface area contributed by atoms with Crippen LogP contribution in [0.2, 0.25) is 0 Å². The van der Waals surface area contributed by atoms with Crippen LogP contribution in [0.1, 0.15) is 46.1 Å². The summed E-state index contributed by atoms with van der Waals surface area (Å²) in [5.41, 5.74) is 2.31. The number of hydrogen-bond acceptors (Lipinski definition) is 8. The molecule has 1 aliphatic heterocycles. The normalized spacial score (nSPS) is 14.1. The predicted molar refractivity (Wildman–Crippen MR) is 135 cm³/mol. The van der Waals surface area contributed by atoms with E-state index >= 15 is 0 Å². The van der Waals surface area contributed by atoms with Gasteiger partial charge in [-0.3, -0.25) is 10.1 Å². The fourth-order valence-electron chi connectivity index (χ4n) is 4.44. The molecule has 0 N–H and O–H groups in total. The smallest absolute Gasteiger partial charge is 0.336 e. The largest absolute Gasteiger partial charge is 0.492 e. The molecule has 3 rings (SSSR count). The number of allylic oxidation sites excluding steroid dienone is 2. The number of rotatable bonds is 9. The summed E-state index contributed by atoms with van der Waals surface area (Å²) < 4.78 is 16.6. The van der Waals surface area contributed by atoms with Crippen molar-refractivity contribution in [2.45, 2.75) is 40.5 Å². The number of nitro groups is 1. The van der Waals surface area contributed by atoms with Crippen molar-refractivity contribution in [1.29, 1.82) is 0 Å². The Labute approximate surface area is 210 Å². The summed E-state index contributed by atoms with van der Waals surface area (Å²) in [7, 11) is 0. The van der Waals surface area contributed by atoms with Crippen molar-refractivity contribution >= 4 is 23.3 Å². The fourth-order valence-corrected chi connectivity index (χ4v) is 4.44. The number of hydrogen-bond donors (Lipinski definition) is 0. The number of para-hydroxylation sites is 2. The van der Waals surface area contributed by atoms with Crippen LogP contribution in [0.5, 0.6) is 5.75 Å². The lowest BCUT2D eigenvalue weighted by Gasteiger charge is -2.38. The Hall–Kier alpha value is -4.14. The first-order chi connectivity index (χ1) is 17.3. The Bertz CT molecular complexity index is 1190. The molecule has 0 aromatic heterocycles. The highest BCUT2D eigenvalue weighted by atomic mass is 16.6. The SMILES string of the molecule is CCOC(=O)C1=C(C)N(c2ccccc2OCC)C(C)=C(C(=O)OCC)C1c1cccc([N+](=O)[O-])c1. The molecule has 0 radical (unpaired) electrons. The fraction of sp³-hybridized carbons (Fsp3) is 0.333. The third kappa shape index (κ3) is 5.10. The quantitative estimate of drug-likeness (QED) is 0.263. The van der Waals surface area contributed by atoms with Gasteiger partial charge in [0, 0.05) is 23.5 Å². The predicted octanol–water partition coefficient (Wildman–Crippen LogP) is 5.27. The number of esters is 2. The van der Waals surface area contributed by atoms with Crippen molar-refractivity contribution in [1.82, 2.24) is 0 Å². The van der Waals surface area contributed by atoms with Crippen molar-refractivity contribution in [3.8, 4) is 5.75 Å². The summed E-state index contributed by atoms with van der Waals surface area (Å²) in [5.74, 6) is -1.61. The number of ether oxygens (including phenoxy) is 3. The van der Waals surface area contributed by atoms with Gasteiger partial charge in [0.2, 0.25) is 0 Å². The maximum atomic E-state index is 13.4. The molecule has 9 heteroatoms. The number of anilines is 1. The monoisotopic (exact) mass is 494 g/mol. The van der Waals surface area contributed by atoms with Crippen LogP contribution in [0.15, 0.2) is 71.1 Å². The van der Waals surface area contributed by atoms with Gasteiger partial charge in [-0.25, -0.2) is 9.59 Å². The van der Waals surface area contributed by atoms with Crippen LogP contribution in [0.4, 0.5) is 11.4 Å². The van der Waals surface area contributed by atoms with E-state index in [-0.39, 0.29) is 30.0 Å². The van der Waals surface area contributed by atoms with Gasteiger partial charge < -0.3 is 19.1 Å². The van der Waals surface area contributed by atoms with Crippen LogP contribution < -0.4 is 9.64 Å². The van der Waals surface area contributed by atoms with Crippen molar-refractivity contribution in [2.24, 2.45) is 0 Å². The Kier molecular flexibility index (Phi) is 8.47. The van der Waals surface area contributed by atoms with Crippen LogP contribution in [0.3, 0.4) is 0 Å². The highest BCUT2D eigenvalue weighted by Crippen LogP contribution is 2.46. The van der Waals surface area contributed by atoms with Gasteiger partial charge in [-0.2, -0.15) is 0 Å². The maximum Gasteiger partial charge on any atom is 0.336 e. The van der Waals surface area contributed by atoms with Gasteiger partial charge in [0.05, 0.1) is 47.5 Å². The number of nitrogens with zero attached hydrogens (tertiary/aromatic N) is 2. The number of benzene rings is 2. The second-order valence-electron chi connectivity index (χ2n) is 7.96. The molecule has 1 heterocycles. The molecule has 9 nitrogen and oxygen atoms in total. The molecule has 0 aliphatic carbocycles. The van der Waals surface area contributed by atoms with Crippen molar-refractivity contribution in [2.75, 3.05) is 24.7 Å². The molecule has 0 spiro atoms. The zero-order chi connectivity index (χ0) is 26.4. The van der Waals surface area contributed by atoms with Gasteiger partial charge in [-0.15, -0.1) is 0 Å². The Morgan fingerprint density at radius 3 is 2.00 bits per heavy atom. The molecule has 0 fully saturated rings. The van der Waals surface area contributed by atoms with E-state index in [1.54, 1.807) is 44.7 Å². The lowest BCUT2D eigenvalue weighted by Crippen LogP contribution is -2.35. The summed E-state index contributed by atoms with van der Waals surface area (Å²) in [4.78, 5) is 39.5. The van der Waals surface area contributed by atoms with Crippen LogP contribution in [0.25, 0.3) is 0 Å². The van der Waals surface area contributed by atoms with Crippen molar-refractivity contribution < 1.29 is 28.7 Å². The van der Waals surface area contributed by atoms with Gasteiger partial charge in [-0.05, 0) is 52.3 Å². The molecular weight excluding hydrogens is 464 g/mol. The van der Waals surface area contributed by atoms with E-state index in [0.717, 1.165) is 0 Å². The van der Waals surface area contributed by atoms with E-state index in [1.165, 1.54) is 18.2 Å². The summed E-state index contributed by atoms with van der Waals surface area (Å²) in [6, 6.07) is 13.2. The molecule has 0 amide bonds. The molecule has 0 atom stereocenters. The molecule has 0 saturated carbocycles. The van der Waals surface area contributed by atoms with E-state index in [1.807, 2.05) is 25.1 Å². The first-order valence-electron chi connectivity index (χ1n) is 11.8. The molecule has 1 aliphatic rings. The summed E-state index contributed by atoms with van der Waals surface area (Å²) in [6.07, 6.45) is 0. The van der Waals surface area contributed by atoms with Crippen LogP contribution >= 0.6 is 0 Å². The highest BCUT2D eigenvalue weighted by molar-refractivity contribution is 6.02. The number of carbonyl (C=O) groups excluding carboxylic acids is 2. The summed E-state index contributed by atoms with van der Waals surface area (Å²) in [6.45, 7) is 9.40. The molecule has 190 valence electrons. The van der Waals surface area contributed by atoms with E-state index in [0.29, 0.717) is 35.0 Å². The topological polar surface area (TPSA) is 108 Å². The lowest BCUT2D eigenvalue weighted by molar-refractivity contribution is -0.384. The Morgan fingerprint density at radius 1 is 0.889 bits per heavy atom. The Morgan fingerprint density at radius 2 is 1.47 bits per heavy atom. The van der Waals surface area contributed by atoms with Gasteiger partial charge in [0.1, 0.15) is 5.75 Å². The molecule has 0 bridgehead atoms. The van der Waals surface area contributed by atoms with E-state index < -0.39 is 22.8 Å². The zero-order valence-corrected chi connectivity index (χ0v) is 21.1. The Balaban J connectivity index is 2.38. The average molecular weight is 495 g/mol. The number of non-ortho nitro benzene ring substituents is 1. The summed E-state index contributed by atoms with van der Waals surface area (Å²) in [5, 5.41) is 11.5. The number of carbonyl (C=O) groups is 2. The van der Waals surface area contributed by atoms with E-state index in [9.17, 15) is 19.7 Å². The van der Waals surface area contributed by atoms with Crippen LogP contribution in [-0.2, 0) is 19.1 Å². The van der Waals surface area contributed by atoms with Gasteiger partial charge in [0.15, 0.2) is 0 Å². The van der Waals surface area contributed by atoms with E-state index in [4.69, 9.17) is 14.2 Å². The van der Waals surface area contributed by atoms with Gasteiger partial charge in [0.25, 0.3) is 5.69 Å². The zero-order valence-electron chi connectivity index (χ0n) is 21.1. The molecule has 2 aromatic rings. The molecule has 36 heavy (non-hydrogen) atoms. The average Bonchev–Trinajstić information content (AvgIpc) is 2.85. The van der Waals surface area contributed by atoms with Crippen LogP contribution in [-0.4, -0.2) is 36.7 Å². The van der Waals surface area contributed by atoms with Gasteiger partial charge >= 0.3 is 11.9 Å². The minimum atomic E-state index is -0.932. The van der Waals surface area contributed by atoms with Gasteiger partial charge in [-0.1, -0.05) is 24.3 Å². The summed E-state index contributed by atoms with van der Waals surface area (Å²) >= 11 is 0. The standard InChI is InChI=1S/C27H30N2O7/c1-6-34-22-15-10-9-14-21(22)28-17(4)23(26(30)35-7-2)25(24(18(28)5)27(31)36-8-3)19-12-11-13-20(16-19)29(32)33/h9-16,25H,6-8H2,1-5H3. The van der Waals surface area contributed by atoms with E-state index in [2.05, 4.69) is 0 Å². The third-order valence-corrected chi connectivity index (χ3v) is 5.84. The first-order valence-corrected chi connectivity index (χ1v) is 11.8. The minimum Gasteiger partial charge on any atom is -0.492 e. The second-order valence-corrected chi connectivity index (χ2v) is 7.96. The van der Waals surface area contributed by atoms with Crippen LogP contribution in [0, 0.1) is 10.1 Å². The maximum absolute atomic E-state index is 13.4. The first kappa shape index (κ1) is 26.5. The number of nitro benzene ring substituents is 1. The molecular formula is C27H30N2O7. The second kappa shape index (κ2) is 11.5. The lowest BCUT2D eigenvalue weighted by atomic mass is 9.79. The van der Waals surface area contributed by atoms with Crippen molar-refractivity contribution in [3.05, 3.63) is 86.7 Å². The molecule has 0 saturated heterocycles. The molecule has 2 aromatic carbocycles. The van der Waals surface area contributed by atoms with Crippen molar-refractivity contribution in [3.63, 3.8) is 0 Å². The highest BCUT2D eigenvalue weighted by Gasteiger charge is 2.41. The third-order valence-electron chi connectivity index (χ3n) is 5.84. The minimum absolute atomic E-state index is 0.115.